The van der Waals surface area contributed by atoms with Crippen LogP contribution in [0.2, 0.25) is 0 Å². The first-order chi connectivity index (χ1) is 7.96. The molecule has 2 aliphatic carbocycles. The van der Waals surface area contributed by atoms with Crippen molar-refractivity contribution in [2.75, 3.05) is 0 Å². The van der Waals surface area contributed by atoms with Crippen molar-refractivity contribution >= 4 is 5.97 Å². The van der Waals surface area contributed by atoms with Crippen molar-refractivity contribution in [1.29, 1.82) is 0 Å². The van der Waals surface area contributed by atoms with Gasteiger partial charge in [-0.05, 0) is 43.4 Å². The third-order valence-electron chi connectivity index (χ3n) is 6.11. The highest BCUT2D eigenvalue weighted by molar-refractivity contribution is 5.73. The normalized spacial score (nSPS) is 53.8. The van der Waals surface area contributed by atoms with Gasteiger partial charge in [0, 0.05) is 5.92 Å². The molecule has 5 atom stereocenters. The zero-order valence-corrected chi connectivity index (χ0v) is 11.3. The summed E-state index contributed by atoms with van der Waals surface area (Å²) >= 11 is 0. The Morgan fingerprint density at radius 1 is 1.24 bits per heavy atom. The van der Waals surface area contributed by atoms with Crippen molar-refractivity contribution < 1.29 is 9.53 Å². The number of hydrogen-bond acceptors (Lipinski definition) is 2. The van der Waals surface area contributed by atoms with Gasteiger partial charge in [-0.25, -0.2) is 0 Å². The van der Waals surface area contributed by atoms with E-state index in [1.54, 1.807) is 0 Å². The predicted molar refractivity (Wildman–Crippen MR) is 66.5 cm³/mol. The Morgan fingerprint density at radius 2 is 2.00 bits per heavy atom. The van der Waals surface area contributed by atoms with Gasteiger partial charge in [-0.15, -0.1) is 0 Å². The Labute approximate surface area is 104 Å². The third-order valence-corrected chi connectivity index (χ3v) is 6.11. The molecule has 0 radical (unpaired) electrons. The molecule has 17 heavy (non-hydrogen) atoms. The molecule has 3 rings (SSSR count). The molecule has 1 saturated heterocycles. The molecule has 0 spiro atoms. The molecule has 2 saturated carbocycles. The van der Waals surface area contributed by atoms with Crippen LogP contribution in [0.15, 0.2) is 0 Å². The molecule has 0 aromatic carbocycles. The highest BCUT2D eigenvalue weighted by atomic mass is 16.6. The Balaban J connectivity index is 1.97. The van der Waals surface area contributed by atoms with Crippen LogP contribution in [0.5, 0.6) is 0 Å². The van der Waals surface area contributed by atoms with Crippen molar-refractivity contribution in [3.8, 4) is 0 Å². The molecule has 1 aliphatic heterocycles. The van der Waals surface area contributed by atoms with Gasteiger partial charge in [-0.1, -0.05) is 26.7 Å². The summed E-state index contributed by atoms with van der Waals surface area (Å²) in [6.07, 6.45) is 6.98. The average molecular weight is 236 g/mol. The molecule has 2 nitrogen and oxygen atoms in total. The smallest absolute Gasteiger partial charge is 0.306 e. The zero-order chi connectivity index (χ0) is 12.3. The lowest BCUT2D eigenvalue weighted by atomic mass is 9.49. The van der Waals surface area contributed by atoms with E-state index in [4.69, 9.17) is 4.74 Å². The highest BCUT2D eigenvalue weighted by Gasteiger charge is 2.60. The van der Waals surface area contributed by atoms with Crippen molar-refractivity contribution in [1.82, 2.24) is 0 Å². The third kappa shape index (κ3) is 1.49. The maximum atomic E-state index is 11.7. The molecule has 3 fully saturated rings. The van der Waals surface area contributed by atoms with Crippen molar-refractivity contribution in [3.63, 3.8) is 0 Å². The topological polar surface area (TPSA) is 26.3 Å². The maximum absolute atomic E-state index is 11.7. The summed E-state index contributed by atoms with van der Waals surface area (Å²) in [6.45, 7) is 7.00. The summed E-state index contributed by atoms with van der Waals surface area (Å²) in [6, 6.07) is 0. The summed E-state index contributed by atoms with van der Waals surface area (Å²) < 4.78 is 5.66. The fourth-order valence-electron chi connectivity index (χ4n) is 5.24. The van der Waals surface area contributed by atoms with Crippen LogP contribution < -0.4 is 0 Å². The summed E-state index contributed by atoms with van der Waals surface area (Å²) in [4.78, 5) is 11.7. The van der Waals surface area contributed by atoms with Crippen LogP contribution in [0.3, 0.4) is 0 Å². The minimum Gasteiger partial charge on any atom is -0.459 e. The van der Waals surface area contributed by atoms with Crippen LogP contribution in [0.4, 0.5) is 0 Å². The summed E-state index contributed by atoms with van der Waals surface area (Å²) in [5.74, 6) is 2.14. The molecule has 0 amide bonds. The average Bonchev–Trinajstić information content (AvgIpc) is 2.54. The van der Waals surface area contributed by atoms with Gasteiger partial charge in [0.2, 0.25) is 0 Å². The minimum absolute atomic E-state index is 0.0394. The summed E-state index contributed by atoms with van der Waals surface area (Å²) in [7, 11) is 0. The van der Waals surface area contributed by atoms with Crippen LogP contribution in [-0.4, -0.2) is 11.6 Å². The van der Waals surface area contributed by atoms with Gasteiger partial charge >= 0.3 is 5.97 Å². The monoisotopic (exact) mass is 236 g/mol. The quantitative estimate of drug-likeness (QED) is 0.601. The Morgan fingerprint density at radius 3 is 2.76 bits per heavy atom. The molecule has 96 valence electrons. The lowest BCUT2D eigenvalue weighted by Crippen LogP contribution is -2.53. The largest absolute Gasteiger partial charge is 0.459 e. The molecule has 2 heteroatoms. The first-order valence-corrected chi connectivity index (χ1v) is 7.17. The molecule has 0 aromatic heterocycles. The lowest BCUT2D eigenvalue weighted by molar-refractivity contribution is -0.159. The molecule has 3 aliphatic rings. The van der Waals surface area contributed by atoms with Gasteiger partial charge in [0.05, 0.1) is 6.42 Å². The predicted octanol–water partition coefficient (Wildman–Crippen LogP) is 3.54. The molecular formula is C15H24O2. The van der Waals surface area contributed by atoms with E-state index in [9.17, 15) is 4.79 Å². The van der Waals surface area contributed by atoms with Crippen molar-refractivity contribution in [2.24, 2.45) is 23.2 Å². The van der Waals surface area contributed by atoms with Crippen molar-refractivity contribution in [3.05, 3.63) is 0 Å². The van der Waals surface area contributed by atoms with E-state index in [1.807, 2.05) is 0 Å². The van der Waals surface area contributed by atoms with Gasteiger partial charge < -0.3 is 4.74 Å². The number of carbonyl (C=O) groups is 1. The number of rotatable bonds is 0. The molecule has 0 bridgehead atoms. The van der Waals surface area contributed by atoms with E-state index < -0.39 is 0 Å². The summed E-state index contributed by atoms with van der Waals surface area (Å²) in [5.41, 5.74) is 0.191. The van der Waals surface area contributed by atoms with E-state index in [-0.39, 0.29) is 11.6 Å². The number of ether oxygens (including phenoxy) is 1. The van der Waals surface area contributed by atoms with Crippen LogP contribution in [0.1, 0.15) is 59.3 Å². The maximum Gasteiger partial charge on any atom is 0.306 e. The molecule has 0 aromatic rings. The number of fused-ring (bicyclic) bond motifs is 3. The SMILES string of the molecule is CC1CCCC2(C)C1CCC1(C)OC(=O)CC12. The lowest BCUT2D eigenvalue weighted by Gasteiger charge is -2.56. The fraction of sp³-hybridized carbons (Fsp3) is 0.933. The second-order valence-electron chi connectivity index (χ2n) is 7.06. The highest BCUT2D eigenvalue weighted by Crippen LogP contribution is 2.61. The molecular weight excluding hydrogens is 212 g/mol. The van der Waals surface area contributed by atoms with Crippen molar-refractivity contribution in [2.45, 2.75) is 64.9 Å². The zero-order valence-electron chi connectivity index (χ0n) is 11.3. The Bertz CT molecular complexity index is 351. The van der Waals surface area contributed by atoms with Crippen LogP contribution >= 0.6 is 0 Å². The van der Waals surface area contributed by atoms with Gasteiger partial charge in [-0.2, -0.15) is 0 Å². The van der Waals surface area contributed by atoms with E-state index in [0.717, 1.165) is 18.3 Å². The Hall–Kier alpha value is -0.530. The van der Waals surface area contributed by atoms with Crippen LogP contribution in [-0.2, 0) is 9.53 Å². The number of hydrogen-bond donors (Lipinski definition) is 0. The summed E-state index contributed by atoms with van der Waals surface area (Å²) in [5, 5.41) is 0. The van der Waals surface area contributed by atoms with E-state index in [0.29, 0.717) is 17.8 Å². The molecule has 5 unspecified atom stereocenters. The van der Waals surface area contributed by atoms with E-state index in [2.05, 4.69) is 20.8 Å². The second-order valence-corrected chi connectivity index (χ2v) is 7.06. The minimum atomic E-state index is -0.153. The van der Waals surface area contributed by atoms with Crippen LogP contribution in [0, 0.1) is 23.2 Å². The first kappa shape index (κ1) is 11.6. The van der Waals surface area contributed by atoms with Gasteiger partial charge in [0.25, 0.3) is 0 Å². The van der Waals surface area contributed by atoms with Crippen LogP contribution in [0.25, 0.3) is 0 Å². The van der Waals surface area contributed by atoms with Gasteiger partial charge in [-0.3, -0.25) is 4.79 Å². The van der Waals surface area contributed by atoms with Gasteiger partial charge in [0.1, 0.15) is 5.60 Å². The molecule has 0 N–H and O–H groups in total. The second kappa shape index (κ2) is 3.49. The first-order valence-electron chi connectivity index (χ1n) is 7.17. The number of carbonyl (C=O) groups excluding carboxylic acids is 1. The van der Waals surface area contributed by atoms with E-state index >= 15 is 0 Å². The molecule has 1 heterocycles. The number of esters is 1. The fourth-order valence-corrected chi connectivity index (χ4v) is 5.24. The van der Waals surface area contributed by atoms with E-state index in [1.165, 1.54) is 25.7 Å². The standard InChI is InChI=1S/C15H24O2/c1-10-5-4-7-14(2)11(10)6-8-15(3)12(14)9-13(16)17-15/h10-12H,4-9H2,1-3H3. The van der Waals surface area contributed by atoms with Gasteiger partial charge in [0.15, 0.2) is 0 Å². The Kier molecular flexibility index (Phi) is 2.37.